The fraction of sp³-hybridized carbons (Fsp3) is 0.364. The van der Waals surface area contributed by atoms with Gasteiger partial charge < -0.3 is 5.32 Å². The number of aromatic nitrogens is 4. The van der Waals surface area contributed by atoms with Gasteiger partial charge in [0.1, 0.15) is 5.69 Å². The van der Waals surface area contributed by atoms with Gasteiger partial charge in [-0.2, -0.15) is 10.2 Å². The molecule has 1 amide bonds. The van der Waals surface area contributed by atoms with Crippen LogP contribution in [0.1, 0.15) is 28.7 Å². The number of aryl methyl sites for hydroxylation is 1. The Labute approximate surface area is 113 Å². The van der Waals surface area contributed by atoms with E-state index >= 15 is 0 Å². The third-order valence-corrected chi connectivity index (χ3v) is 3.37. The number of hydrogen-bond donors (Lipinski definition) is 2. The minimum atomic E-state index is -0.192. The Kier molecular flexibility index (Phi) is 3.81. The fourth-order valence-corrected chi connectivity index (χ4v) is 2.04. The number of nitrogens with one attached hydrogen (secondary N) is 2. The number of amides is 1. The lowest BCUT2D eigenvalue weighted by Crippen LogP contribution is -2.23. The van der Waals surface area contributed by atoms with Gasteiger partial charge in [0.25, 0.3) is 5.91 Å². The fourth-order valence-electron chi connectivity index (χ4n) is 1.67. The summed E-state index contributed by atoms with van der Waals surface area (Å²) in [6, 6.07) is 0. The number of nitrogens with zero attached hydrogens (tertiary/aromatic N) is 3. The highest BCUT2D eigenvalue weighted by atomic mass is 79.9. The predicted octanol–water partition coefficient (Wildman–Crippen LogP) is 1.63. The zero-order valence-corrected chi connectivity index (χ0v) is 11.8. The summed E-state index contributed by atoms with van der Waals surface area (Å²) in [5, 5.41) is 13.5. The zero-order valence-electron chi connectivity index (χ0n) is 10.2. The summed E-state index contributed by atoms with van der Waals surface area (Å²) < 4.78 is 2.55. The van der Waals surface area contributed by atoms with E-state index in [1.165, 1.54) is 0 Å². The van der Waals surface area contributed by atoms with Crippen molar-refractivity contribution in [2.45, 2.75) is 26.9 Å². The average Bonchev–Trinajstić information content (AvgIpc) is 2.93. The van der Waals surface area contributed by atoms with Crippen molar-refractivity contribution in [2.75, 3.05) is 0 Å². The lowest BCUT2D eigenvalue weighted by Gasteiger charge is -2.04. The quantitative estimate of drug-likeness (QED) is 0.901. The first-order valence-corrected chi connectivity index (χ1v) is 6.41. The first-order chi connectivity index (χ1) is 8.63. The van der Waals surface area contributed by atoms with E-state index in [-0.39, 0.29) is 5.91 Å². The molecule has 2 rings (SSSR count). The average molecular weight is 312 g/mol. The maximum absolute atomic E-state index is 11.8. The summed E-state index contributed by atoms with van der Waals surface area (Å²) in [4.78, 5) is 11.8. The van der Waals surface area contributed by atoms with Crippen molar-refractivity contribution in [2.24, 2.45) is 0 Å². The highest BCUT2D eigenvalue weighted by Crippen LogP contribution is 2.13. The van der Waals surface area contributed by atoms with Gasteiger partial charge in [0.15, 0.2) is 0 Å². The molecule has 0 aliphatic heterocycles. The Hall–Kier alpha value is -1.63. The van der Waals surface area contributed by atoms with Crippen molar-refractivity contribution < 1.29 is 4.79 Å². The summed E-state index contributed by atoms with van der Waals surface area (Å²) in [5.74, 6) is -0.192. The molecule has 0 atom stereocenters. The first-order valence-electron chi connectivity index (χ1n) is 5.61. The molecule has 0 saturated carbocycles. The second-order valence-electron chi connectivity index (χ2n) is 3.85. The molecule has 0 spiro atoms. The van der Waals surface area contributed by atoms with E-state index in [1.54, 1.807) is 12.4 Å². The smallest absolute Gasteiger partial charge is 0.270 e. The van der Waals surface area contributed by atoms with Gasteiger partial charge in [-0.25, -0.2) is 0 Å². The molecule has 0 radical (unpaired) electrons. The van der Waals surface area contributed by atoms with Crippen LogP contribution in [0, 0.1) is 6.92 Å². The molecule has 2 N–H and O–H groups in total. The van der Waals surface area contributed by atoms with Gasteiger partial charge in [-0.3, -0.25) is 14.6 Å². The first kappa shape index (κ1) is 12.8. The van der Waals surface area contributed by atoms with Crippen LogP contribution in [-0.4, -0.2) is 25.9 Å². The Morgan fingerprint density at radius 2 is 2.33 bits per heavy atom. The molecule has 0 aromatic carbocycles. The molecule has 6 nitrogen and oxygen atoms in total. The Balaban J connectivity index is 2.02. The Morgan fingerprint density at radius 1 is 1.56 bits per heavy atom. The lowest BCUT2D eigenvalue weighted by molar-refractivity contribution is 0.0945. The number of hydrogen-bond acceptors (Lipinski definition) is 3. The molecule has 2 aromatic heterocycles. The van der Waals surface area contributed by atoms with Crippen LogP contribution in [-0.2, 0) is 13.1 Å². The number of carbonyl (C=O) groups is 1. The van der Waals surface area contributed by atoms with Crippen LogP contribution in [0.2, 0.25) is 0 Å². The molecule has 18 heavy (non-hydrogen) atoms. The van der Waals surface area contributed by atoms with Crippen LogP contribution in [0.25, 0.3) is 0 Å². The lowest BCUT2D eigenvalue weighted by atomic mass is 10.2. The Morgan fingerprint density at radius 3 is 2.89 bits per heavy atom. The second-order valence-corrected chi connectivity index (χ2v) is 4.70. The van der Waals surface area contributed by atoms with Gasteiger partial charge in [-0.15, -0.1) is 0 Å². The molecule has 7 heteroatoms. The van der Waals surface area contributed by atoms with Crippen LogP contribution >= 0.6 is 15.9 Å². The largest absolute Gasteiger partial charge is 0.346 e. The van der Waals surface area contributed by atoms with Crippen molar-refractivity contribution in [3.8, 4) is 0 Å². The molecular formula is C11H14BrN5O. The molecule has 0 fully saturated rings. The summed E-state index contributed by atoms with van der Waals surface area (Å²) in [6.45, 7) is 5.30. The van der Waals surface area contributed by atoms with Gasteiger partial charge in [-0.1, -0.05) is 0 Å². The molecule has 0 unspecified atom stereocenters. The van der Waals surface area contributed by atoms with Crippen LogP contribution in [0.15, 0.2) is 16.9 Å². The number of aromatic amines is 1. The number of rotatable bonds is 4. The van der Waals surface area contributed by atoms with Gasteiger partial charge in [0, 0.05) is 24.3 Å². The van der Waals surface area contributed by atoms with Gasteiger partial charge in [0.2, 0.25) is 0 Å². The van der Waals surface area contributed by atoms with E-state index < -0.39 is 0 Å². The molecule has 0 saturated heterocycles. The van der Waals surface area contributed by atoms with Crippen LogP contribution < -0.4 is 5.32 Å². The SMILES string of the molecule is CCn1ncc(CNC(=O)c2[nH]ncc2Br)c1C. The maximum Gasteiger partial charge on any atom is 0.270 e. The van der Waals surface area contributed by atoms with E-state index in [4.69, 9.17) is 0 Å². The van der Waals surface area contributed by atoms with E-state index in [0.29, 0.717) is 16.7 Å². The molecule has 2 heterocycles. The van der Waals surface area contributed by atoms with Gasteiger partial charge in [-0.05, 0) is 29.8 Å². The zero-order chi connectivity index (χ0) is 13.1. The standard InChI is InChI=1S/C11H14BrN5O/c1-3-17-7(2)8(5-15-17)4-13-11(18)10-9(12)6-14-16-10/h5-6H,3-4H2,1-2H3,(H,13,18)(H,14,16). The maximum atomic E-state index is 11.8. The molecule has 96 valence electrons. The van der Waals surface area contributed by atoms with Crippen molar-refractivity contribution in [1.82, 2.24) is 25.3 Å². The van der Waals surface area contributed by atoms with Crippen LogP contribution in [0.5, 0.6) is 0 Å². The van der Waals surface area contributed by atoms with Gasteiger partial charge >= 0.3 is 0 Å². The normalized spacial score (nSPS) is 10.6. The van der Waals surface area contributed by atoms with E-state index in [0.717, 1.165) is 17.8 Å². The monoisotopic (exact) mass is 311 g/mol. The van der Waals surface area contributed by atoms with Crippen molar-refractivity contribution in [3.63, 3.8) is 0 Å². The summed E-state index contributed by atoms with van der Waals surface area (Å²) in [7, 11) is 0. The van der Waals surface area contributed by atoms with Crippen molar-refractivity contribution in [3.05, 3.63) is 33.8 Å². The number of H-pyrrole nitrogens is 1. The summed E-state index contributed by atoms with van der Waals surface area (Å²) in [6.07, 6.45) is 3.33. The van der Waals surface area contributed by atoms with E-state index in [9.17, 15) is 4.79 Å². The van der Waals surface area contributed by atoms with E-state index in [2.05, 4.69) is 36.5 Å². The number of carbonyl (C=O) groups excluding carboxylic acids is 1. The summed E-state index contributed by atoms with van der Waals surface area (Å²) >= 11 is 3.25. The highest BCUT2D eigenvalue weighted by Gasteiger charge is 2.12. The molecule has 0 bridgehead atoms. The third-order valence-electron chi connectivity index (χ3n) is 2.76. The minimum absolute atomic E-state index is 0.192. The van der Waals surface area contributed by atoms with E-state index in [1.807, 2.05) is 18.5 Å². The molecular weight excluding hydrogens is 298 g/mol. The summed E-state index contributed by atoms with van der Waals surface area (Å²) in [5.41, 5.74) is 2.51. The minimum Gasteiger partial charge on any atom is -0.346 e. The van der Waals surface area contributed by atoms with Gasteiger partial charge in [0.05, 0.1) is 16.9 Å². The molecule has 2 aromatic rings. The third kappa shape index (κ3) is 2.45. The van der Waals surface area contributed by atoms with Crippen molar-refractivity contribution in [1.29, 1.82) is 0 Å². The highest BCUT2D eigenvalue weighted by molar-refractivity contribution is 9.10. The van der Waals surface area contributed by atoms with Crippen LogP contribution in [0.4, 0.5) is 0 Å². The topological polar surface area (TPSA) is 75.6 Å². The van der Waals surface area contributed by atoms with Crippen LogP contribution in [0.3, 0.4) is 0 Å². The number of halogens is 1. The predicted molar refractivity (Wildman–Crippen MR) is 70.1 cm³/mol. The molecule has 0 aliphatic carbocycles. The van der Waals surface area contributed by atoms with Crippen molar-refractivity contribution >= 4 is 21.8 Å². The molecule has 0 aliphatic rings. The second kappa shape index (κ2) is 5.34. The Bertz CT molecular complexity index is 560.